The first-order chi connectivity index (χ1) is 7.31. The molecule has 76 valence electrons. The number of hydrogen-bond acceptors (Lipinski definition) is 3. The van der Waals surface area contributed by atoms with Gasteiger partial charge in [0.25, 0.3) is 0 Å². The van der Waals surface area contributed by atoms with Gasteiger partial charge in [0.05, 0.1) is 0 Å². The molecule has 15 heavy (non-hydrogen) atoms. The monoisotopic (exact) mass is 264 g/mol. The van der Waals surface area contributed by atoms with E-state index in [0.717, 1.165) is 16.1 Å². The lowest BCUT2D eigenvalue weighted by Crippen LogP contribution is -2.05. The van der Waals surface area contributed by atoms with Crippen molar-refractivity contribution in [1.29, 1.82) is 0 Å². The van der Waals surface area contributed by atoms with Crippen LogP contribution in [0.25, 0.3) is 5.65 Å². The summed E-state index contributed by atoms with van der Waals surface area (Å²) >= 11 is 3.34. The average Bonchev–Trinajstić information content (AvgIpc) is 2.65. The summed E-state index contributed by atoms with van der Waals surface area (Å²) in [6.45, 7) is 0.697. The van der Waals surface area contributed by atoms with Crippen molar-refractivity contribution in [3.05, 3.63) is 23.2 Å². The van der Waals surface area contributed by atoms with E-state index in [0.29, 0.717) is 13.0 Å². The fourth-order valence-corrected chi connectivity index (χ4v) is 1.67. The number of aromatic nitrogens is 3. The molecule has 4 nitrogen and oxygen atoms in total. The Bertz CT molecular complexity index is 512. The smallest absolute Gasteiger partial charge is 0.180 e. The fraction of sp³-hybridized carbons (Fsp3) is 0.200. The summed E-state index contributed by atoms with van der Waals surface area (Å²) in [6, 6.07) is 0. The molecule has 0 atom stereocenters. The molecule has 0 fully saturated rings. The third kappa shape index (κ3) is 2.10. The second-order valence-electron chi connectivity index (χ2n) is 2.95. The number of fused-ring (bicyclic) bond motifs is 1. The molecule has 0 saturated heterocycles. The van der Waals surface area contributed by atoms with Gasteiger partial charge in [0, 0.05) is 31.6 Å². The number of nitrogens with one attached hydrogen (secondary N) is 1. The summed E-state index contributed by atoms with van der Waals surface area (Å²) in [6.07, 6.45) is 11.3. The third-order valence-electron chi connectivity index (χ3n) is 1.91. The van der Waals surface area contributed by atoms with Gasteiger partial charge in [-0.3, -0.25) is 0 Å². The zero-order valence-corrected chi connectivity index (χ0v) is 9.53. The molecule has 2 aromatic rings. The molecule has 0 radical (unpaired) electrons. The van der Waals surface area contributed by atoms with Crippen molar-refractivity contribution >= 4 is 27.4 Å². The number of terminal acetylenes is 1. The first-order valence-corrected chi connectivity index (χ1v) is 5.27. The molecular formula is C10H9BrN4. The van der Waals surface area contributed by atoms with Crippen molar-refractivity contribution in [3.8, 4) is 12.3 Å². The number of imidazole rings is 1. The largest absolute Gasteiger partial charge is 0.366 e. The highest BCUT2D eigenvalue weighted by Gasteiger charge is 2.04. The van der Waals surface area contributed by atoms with Crippen molar-refractivity contribution in [3.63, 3.8) is 0 Å². The van der Waals surface area contributed by atoms with E-state index < -0.39 is 0 Å². The summed E-state index contributed by atoms with van der Waals surface area (Å²) in [7, 11) is 0. The molecule has 2 heterocycles. The highest BCUT2D eigenvalue weighted by molar-refractivity contribution is 9.10. The third-order valence-corrected chi connectivity index (χ3v) is 2.29. The quantitative estimate of drug-likeness (QED) is 0.681. The Morgan fingerprint density at radius 2 is 2.47 bits per heavy atom. The van der Waals surface area contributed by atoms with Crippen LogP contribution in [0.15, 0.2) is 23.2 Å². The van der Waals surface area contributed by atoms with Gasteiger partial charge in [-0.25, -0.2) is 9.97 Å². The van der Waals surface area contributed by atoms with E-state index in [9.17, 15) is 0 Å². The normalized spacial score (nSPS) is 10.1. The SMILES string of the molecule is C#CCCNc1nc(Br)cn2ccnc12. The Kier molecular flexibility index (Phi) is 2.88. The fourth-order valence-electron chi connectivity index (χ4n) is 1.27. The lowest BCUT2D eigenvalue weighted by Gasteiger charge is -2.05. The number of rotatable bonds is 3. The minimum atomic E-state index is 0.668. The molecule has 0 aromatic carbocycles. The van der Waals surface area contributed by atoms with Crippen LogP contribution in [0.4, 0.5) is 5.82 Å². The Labute approximate surface area is 95.9 Å². The van der Waals surface area contributed by atoms with E-state index in [1.54, 1.807) is 6.20 Å². The summed E-state index contributed by atoms with van der Waals surface area (Å²) in [5.74, 6) is 3.31. The van der Waals surface area contributed by atoms with Crippen molar-refractivity contribution in [2.24, 2.45) is 0 Å². The molecule has 0 amide bonds. The summed E-state index contributed by atoms with van der Waals surface area (Å²) in [4.78, 5) is 8.50. The zero-order chi connectivity index (χ0) is 10.7. The molecule has 5 heteroatoms. The molecule has 0 aliphatic heterocycles. The molecular weight excluding hydrogens is 256 g/mol. The van der Waals surface area contributed by atoms with E-state index in [4.69, 9.17) is 6.42 Å². The second kappa shape index (κ2) is 4.32. The Hall–Kier alpha value is -1.54. The number of anilines is 1. The van der Waals surface area contributed by atoms with Crippen molar-refractivity contribution < 1.29 is 0 Å². The topological polar surface area (TPSA) is 42.2 Å². The van der Waals surface area contributed by atoms with Crippen molar-refractivity contribution in [1.82, 2.24) is 14.4 Å². The maximum absolute atomic E-state index is 5.17. The first kappa shape index (κ1) is 9.99. The van der Waals surface area contributed by atoms with E-state index in [-0.39, 0.29) is 0 Å². The van der Waals surface area contributed by atoms with Gasteiger partial charge in [-0.2, -0.15) is 0 Å². The highest BCUT2D eigenvalue weighted by Crippen LogP contribution is 2.16. The summed E-state index contributed by atoms with van der Waals surface area (Å²) < 4.78 is 2.66. The highest BCUT2D eigenvalue weighted by atomic mass is 79.9. The van der Waals surface area contributed by atoms with E-state index in [1.807, 2.05) is 16.8 Å². The van der Waals surface area contributed by atoms with Crippen LogP contribution in [-0.2, 0) is 0 Å². The molecule has 0 unspecified atom stereocenters. The Morgan fingerprint density at radius 1 is 1.60 bits per heavy atom. The van der Waals surface area contributed by atoms with Crippen LogP contribution in [-0.4, -0.2) is 20.9 Å². The van der Waals surface area contributed by atoms with Crippen LogP contribution < -0.4 is 5.32 Å². The van der Waals surface area contributed by atoms with Crippen LogP contribution in [0.1, 0.15) is 6.42 Å². The van der Waals surface area contributed by atoms with Crippen LogP contribution >= 0.6 is 15.9 Å². The van der Waals surface area contributed by atoms with Gasteiger partial charge in [-0.05, 0) is 15.9 Å². The number of hydrogen-bond donors (Lipinski definition) is 1. The van der Waals surface area contributed by atoms with E-state index >= 15 is 0 Å². The molecule has 2 aromatic heterocycles. The number of nitrogens with zero attached hydrogens (tertiary/aromatic N) is 3. The van der Waals surface area contributed by atoms with Gasteiger partial charge < -0.3 is 9.72 Å². The van der Waals surface area contributed by atoms with Gasteiger partial charge in [0.2, 0.25) is 0 Å². The molecule has 0 spiro atoms. The van der Waals surface area contributed by atoms with E-state index in [1.165, 1.54) is 0 Å². The van der Waals surface area contributed by atoms with Crippen LogP contribution in [0, 0.1) is 12.3 Å². The van der Waals surface area contributed by atoms with E-state index in [2.05, 4.69) is 37.1 Å². The van der Waals surface area contributed by atoms with Crippen LogP contribution in [0.5, 0.6) is 0 Å². The molecule has 0 aliphatic rings. The maximum atomic E-state index is 5.17. The lowest BCUT2D eigenvalue weighted by atomic mass is 10.4. The first-order valence-electron chi connectivity index (χ1n) is 4.48. The predicted molar refractivity (Wildman–Crippen MR) is 62.6 cm³/mol. The standard InChI is InChI=1S/C10H9BrN4/c1-2-3-4-12-9-10-13-5-6-15(10)7-8(11)14-9/h1,5-7H,3-4H2,(H,12,14). The zero-order valence-electron chi connectivity index (χ0n) is 7.94. The lowest BCUT2D eigenvalue weighted by molar-refractivity contribution is 1.04. The van der Waals surface area contributed by atoms with Crippen LogP contribution in [0.3, 0.4) is 0 Å². The summed E-state index contributed by atoms with van der Waals surface area (Å²) in [5.41, 5.74) is 0.801. The molecule has 2 rings (SSSR count). The van der Waals surface area contributed by atoms with Gasteiger partial charge in [-0.1, -0.05) is 0 Å². The summed E-state index contributed by atoms with van der Waals surface area (Å²) in [5, 5.41) is 3.15. The van der Waals surface area contributed by atoms with Gasteiger partial charge in [0.15, 0.2) is 11.5 Å². The van der Waals surface area contributed by atoms with Crippen LogP contribution in [0.2, 0.25) is 0 Å². The Balaban J connectivity index is 2.32. The molecule has 0 saturated carbocycles. The minimum absolute atomic E-state index is 0.668. The Morgan fingerprint density at radius 3 is 3.27 bits per heavy atom. The average molecular weight is 265 g/mol. The molecule has 1 N–H and O–H groups in total. The maximum Gasteiger partial charge on any atom is 0.180 e. The minimum Gasteiger partial charge on any atom is -0.366 e. The number of halogens is 1. The van der Waals surface area contributed by atoms with Gasteiger partial charge >= 0.3 is 0 Å². The van der Waals surface area contributed by atoms with Crippen molar-refractivity contribution in [2.45, 2.75) is 6.42 Å². The molecule has 0 bridgehead atoms. The molecule has 0 aliphatic carbocycles. The van der Waals surface area contributed by atoms with Gasteiger partial charge in [0.1, 0.15) is 4.60 Å². The van der Waals surface area contributed by atoms with Crippen molar-refractivity contribution in [2.75, 3.05) is 11.9 Å². The van der Waals surface area contributed by atoms with Gasteiger partial charge in [-0.15, -0.1) is 12.3 Å². The predicted octanol–water partition coefficient (Wildman–Crippen LogP) is 1.93. The second-order valence-corrected chi connectivity index (χ2v) is 3.76.